The predicted octanol–water partition coefficient (Wildman–Crippen LogP) is 2.51. The van der Waals surface area contributed by atoms with E-state index in [4.69, 9.17) is 5.73 Å². The minimum absolute atomic E-state index is 0.0235. The van der Waals surface area contributed by atoms with E-state index in [-0.39, 0.29) is 29.7 Å². The number of aryl methyl sites for hydroxylation is 1. The highest BCUT2D eigenvalue weighted by molar-refractivity contribution is 5.90. The molecule has 0 aliphatic carbocycles. The zero-order valence-corrected chi connectivity index (χ0v) is 12.9. The summed E-state index contributed by atoms with van der Waals surface area (Å²) in [7, 11) is 0. The van der Waals surface area contributed by atoms with Gasteiger partial charge in [0.25, 0.3) is 0 Å². The largest absolute Gasteiger partial charge is 0.369 e. The highest BCUT2D eigenvalue weighted by Gasteiger charge is 2.31. The Hall–Kier alpha value is -2.11. The fraction of sp³-hybridized carbons (Fsp3) is 0.500. The molecule has 0 saturated carbocycles. The SMILES string of the molecule is CCc1ccc(NC(=O)N2C[C@H](C(N)=O)CC[C@@H]2C)cc1F. The second-order valence-corrected chi connectivity index (χ2v) is 5.77. The molecule has 1 aromatic rings. The maximum Gasteiger partial charge on any atom is 0.322 e. The van der Waals surface area contributed by atoms with Crippen LogP contribution in [0.2, 0.25) is 0 Å². The molecule has 1 aliphatic heterocycles. The number of hydrogen-bond acceptors (Lipinski definition) is 2. The van der Waals surface area contributed by atoms with Crippen molar-refractivity contribution >= 4 is 17.6 Å². The van der Waals surface area contributed by atoms with Gasteiger partial charge in [0.2, 0.25) is 5.91 Å². The van der Waals surface area contributed by atoms with Gasteiger partial charge in [0.05, 0.1) is 5.92 Å². The smallest absolute Gasteiger partial charge is 0.322 e. The molecule has 0 unspecified atom stereocenters. The molecule has 3 amide bonds. The van der Waals surface area contributed by atoms with Crippen LogP contribution < -0.4 is 11.1 Å². The van der Waals surface area contributed by atoms with Crippen LogP contribution in [0.15, 0.2) is 18.2 Å². The van der Waals surface area contributed by atoms with Crippen molar-refractivity contribution in [2.45, 2.75) is 39.2 Å². The van der Waals surface area contributed by atoms with Gasteiger partial charge in [-0.25, -0.2) is 9.18 Å². The molecule has 1 aliphatic rings. The summed E-state index contributed by atoms with van der Waals surface area (Å²) >= 11 is 0. The lowest BCUT2D eigenvalue weighted by Gasteiger charge is -2.36. The van der Waals surface area contributed by atoms with E-state index in [1.807, 2.05) is 13.8 Å². The maximum absolute atomic E-state index is 13.8. The lowest BCUT2D eigenvalue weighted by atomic mass is 9.93. The number of anilines is 1. The van der Waals surface area contributed by atoms with Crippen molar-refractivity contribution in [2.24, 2.45) is 11.7 Å². The Morgan fingerprint density at radius 2 is 2.14 bits per heavy atom. The van der Waals surface area contributed by atoms with E-state index in [0.717, 1.165) is 6.42 Å². The van der Waals surface area contributed by atoms with Crippen LogP contribution in [0.4, 0.5) is 14.9 Å². The average molecular weight is 307 g/mol. The summed E-state index contributed by atoms with van der Waals surface area (Å²) in [5, 5.41) is 2.69. The lowest BCUT2D eigenvalue weighted by molar-refractivity contribution is -0.123. The molecule has 2 rings (SSSR count). The van der Waals surface area contributed by atoms with Crippen molar-refractivity contribution in [1.82, 2.24) is 4.90 Å². The number of halogens is 1. The molecule has 0 spiro atoms. The molecular formula is C16H22FN3O2. The maximum atomic E-state index is 13.8. The molecule has 120 valence electrons. The van der Waals surface area contributed by atoms with Gasteiger partial charge >= 0.3 is 6.03 Å². The monoisotopic (exact) mass is 307 g/mol. The van der Waals surface area contributed by atoms with Crippen LogP contribution in [0.5, 0.6) is 0 Å². The van der Waals surface area contributed by atoms with Gasteiger partial charge in [-0.15, -0.1) is 0 Å². The summed E-state index contributed by atoms with van der Waals surface area (Å²) in [4.78, 5) is 25.3. The van der Waals surface area contributed by atoms with Crippen molar-refractivity contribution in [3.8, 4) is 0 Å². The topological polar surface area (TPSA) is 75.4 Å². The van der Waals surface area contributed by atoms with Crippen LogP contribution in [0.3, 0.4) is 0 Å². The standard InChI is InChI=1S/C16H22FN3O2/c1-3-11-6-7-13(8-14(11)17)19-16(22)20-9-12(15(18)21)5-4-10(20)2/h6-8,10,12H,3-5,9H2,1-2H3,(H2,18,21)(H,19,22)/t10-,12+/m0/s1. The third-order valence-corrected chi connectivity index (χ3v) is 4.23. The molecule has 22 heavy (non-hydrogen) atoms. The minimum Gasteiger partial charge on any atom is -0.369 e. The van der Waals surface area contributed by atoms with Crippen molar-refractivity contribution in [3.63, 3.8) is 0 Å². The molecule has 6 heteroatoms. The quantitative estimate of drug-likeness (QED) is 0.900. The van der Waals surface area contributed by atoms with Gasteiger partial charge in [-0.05, 0) is 43.9 Å². The van der Waals surface area contributed by atoms with Crippen LogP contribution in [0.1, 0.15) is 32.3 Å². The molecule has 3 N–H and O–H groups in total. The first-order valence-corrected chi connectivity index (χ1v) is 7.57. The van der Waals surface area contributed by atoms with Crippen LogP contribution in [-0.4, -0.2) is 29.4 Å². The zero-order chi connectivity index (χ0) is 16.3. The van der Waals surface area contributed by atoms with E-state index in [1.165, 1.54) is 6.07 Å². The molecule has 1 fully saturated rings. The van der Waals surface area contributed by atoms with Gasteiger partial charge in [-0.3, -0.25) is 4.79 Å². The zero-order valence-electron chi connectivity index (χ0n) is 12.9. The van der Waals surface area contributed by atoms with E-state index in [1.54, 1.807) is 17.0 Å². The summed E-state index contributed by atoms with van der Waals surface area (Å²) in [5.74, 6) is -1.04. The number of hydrogen-bond donors (Lipinski definition) is 2. The number of rotatable bonds is 3. The van der Waals surface area contributed by atoms with Crippen LogP contribution in [0.25, 0.3) is 0 Å². The number of carbonyl (C=O) groups excluding carboxylic acids is 2. The first-order chi connectivity index (χ1) is 10.4. The summed E-state index contributed by atoms with van der Waals surface area (Å²) in [5.41, 5.74) is 6.35. The van der Waals surface area contributed by atoms with Crippen LogP contribution in [0, 0.1) is 11.7 Å². The summed E-state index contributed by atoms with van der Waals surface area (Å²) < 4.78 is 13.8. The molecule has 1 saturated heterocycles. The number of amides is 3. The van der Waals surface area contributed by atoms with Gasteiger partial charge < -0.3 is 16.0 Å². The third kappa shape index (κ3) is 3.55. The minimum atomic E-state index is -0.386. The Morgan fingerprint density at radius 1 is 1.41 bits per heavy atom. The first kappa shape index (κ1) is 16.3. The molecule has 1 aromatic carbocycles. The fourth-order valence-electron chi connectivity index (χ4n) is 2.73. The van der Waals surface area contributed by atoms with Gasteiger partial charge in [-0.1, -0.05) is 13.0 Å². The lowest BCUT2D eigenvalue weighted by Crippen LogP contribution is -2.50. The third-order valence-electron chi connectivity index (χ3n) is 4.23. The summed E-state index contributed by atoms with van der Waals surface area (Å²) in [6.07, 6.45) is 2.02. The molecule has 2 atom stereocenters. The Morgan fingerprint density at radius 3 is 2.73 bits per heavy atom. The molecule has 5 nitrogen and oxygen atoms in total. The Labute approximate surface area is 129 Å². The normalized spacial score (nSPS) is 21.5. The van der Waals surface area contributed by atoms with Gasteiger partial charge in [0, 0.05) is 18.3 Å². The van der Waals surface area contributed by atoms with Crippen LogP contribution in [-0.2, 0) is 11.2 Å². The van der Waals surface area contributed by atoms with Crippen molar-refractivity contribution in [3.05, 3.63) is 29.6 Å². The first-order valence-electron chi connectivity index (χ1n) is 7.57. The highest BCUT2D eigenvalue weighted by Crippen LogP contribution is 2.23. The van der Waals surface area contributed by atoms with Gasteiger partial charge in [0.1, 0.15) is 5.82 Å². The summed E-state index contributed by atoms with van der Waals surface area (Å²) in [6.45, 7) is 4.10. The molecule has 1 heterocycles. The van der Waals surface area contributed by atoms with E-state index >= 15 is 0 Å². The molecule has 0 radical (unpaired) electrons. The molecular weight excluding hydrogens is 285 g/mol. The predicted molar refractivity (Wildman–Crippen MR) is 82.9 cm³/mol. The number of nitrogens with two attached hydrogens (primary N) is 1. The van der Waals surface area contributed by atoms with E-state index < -0.39 is 0 Å². The van der Waals surface area contributed by atoms with Crippen molar-refractivity contribution in [1.29, 1.82) is 0 Å². The number of nitrogens with one attached hydrogen (secondary N) is 1. The highest BCUT2D eigenvalue weighted by atomic mass is 19.1. The molecule has 0 bridgehead atoms. The Kier molecular flexibility index (Phi) is 5.00. The number of urea groups is 1. The van der Waals surface area contributed by atoms with Crippen molar-refractivity contribution in [2.75, 3.05) is 11.9 Å². The van der Waals surface area contributed by atoms with Gasteiger partial charge in [-0.2, -0.15) is 0 Å². The number of nitrogens with zero attached hydrogens (tertiary/aromatic N) is 1. The second-order valence-electron chi connectivity index (χ2n) is 5.77. The number of piperidine rings is 1. The number of carbonyl (C=O) groups is 2. The Bertz CT molecular complexity index is 577. The summed E-state index contributed by atoms with van der Waals surface area (Å²) in [6, 6.07) is 4.35. The van der Waals surface area contributed by atoms with E-state index in [0.29, 0.717) is 30.6 Å². The van der Waals surface area contributed by atoms with Crippen LogP contribution >= 0.6 is 0 Å². The van der Waals surface area contributed by atoms with E-state index in [9.17, 15) is 14.0 Å². The fourth-order valence-corrected chi connectivity index (χ4v) is 2.73. The number of likely N-dealkylation sites (tertiary alicyclic amines) is 1. The number of benzene rings is 1. The van der Waals surface area contributed by atoms with E-state index in [2.05, 4.69) is 5.32 Å². The van der Waals surface area contributed by atoms with Crippen molar-refractivity contribution < 1.29 is 14.0 Å². The average Bonchev–Trinajstić information content (AvgIpc) is 2.47. The molecule has 0 aromatic heterocycles. The number of primary amides is 1. The Balaban J connectivity index is 2.07. The van der Waals surface area contributed by atoms with Gasteiger partial charge in [0.15, 0.2) is 0 Å². The second kappa shape index (κ2) is 6.77.